The molecule has 2 N–H and O–H groups in total. The van der Waals surface area contributed by atoms with Crippen molar-refractivity contribution in [2.75, 3.05) is 19.6 Å². The third-order valence-corrected chi connectivity index (χ3v) is 4.36. The van der Waals surface area contributed by atoms with Crippen LogP contribution in [0.25, 0.3) is 0 Å². The summed E-state index contributed by atoms with van der Waals surface area (Å²) >= 11 is 3.30. The zero-order valence-corrected chi connectivity index (χ0v) is 14.0. The first-order valence-corrected chi connectivity index (χ1v) is 8.42. The number of nitrogens with one attached hydrogen (secondary N) is 1. The van der Waals surface area contributed by atoms with Crippen molar-refractivity contribution < 1.29 is 9.90 Å². The standard InChI is InChI=1S/C16H23BrN2O2/c1-2-3-9-19(11-13-5-4-8-18-13)16(21)14-7-6-12(17)10-15(14)20/h6-7,10,13,18,20H,2-5,8-9,11H2,1H3. The van der Waals surface area contributed by atoms with Crippen LogP contribution in [0.4, 0.5) is 0 Å². The number of hydrogen-bond donors (Lipinski definition) is 2. The lowest BCUT2D eigenvalue weighted by atomic mass is 10.1. The number of hydrogen-bond acceptors (Lipinski definition) is 3. The Balaban J connectivity index is 2.11. The largest absolute Gasteiger partial charge is 0.507 e. The molecule has 0 aromatic heterocycles. The van der Waals surface area contributed by atoms with Crippen molar-refractivity contribution in [3.8, 4) is 5.75 Å². The molecule has 1 aromatic rings. The quantitative estimate of drug-likeness (QED) is 0.824. The third kappa shape index (κ3) is 4.45. The fourth-order valence-corrected chi connectivity index (χ4v) is 3.01. The number of carbonyl (C=O) groups excluding carboxylic acids is 1. The number of unbranched alkanes of at least 4 members (excludes halogenated alkanes) is 1. The van der Waals surface area contributed by atoms with E-state index in [-0.39, 0.29) is 11.7 Å². The van der Waals surface area contributed by atoms with E-state index in [1.54, 1.807) is 18.2 Å². The Bertz CT molecular complexity index is 487. The summed E-state index contributed by atoms with van der Waals surface area (Å²) in [6.07, 6.45) is 4.32. The molecule has 1 aromatic carbocycles. The summed E-state index contributed by atoms with van der Waals surface area (Å²) in [6.45, 7) is 4.61. The average Bonchev–Trinajstić information content (AvgIpc) is 2.95. The van der Waals surface area contributed by atoms with Gasteiger partial charge in [-0.05, 0) is 44.0 Å². The van der Waals surface area contributed by atoms with Crippen molar-refractivity contribution in [2.24, 2.45) is 0 Å². The van der Waals surface area contributed by atoms with Gasteiger partial charge >= 0.3 is 0 Å². The number of phenolic OH excluding ortho intramolecular Hbond substituents is 1. The Hall–Kier alpha value is -1.07. The molecule has 0 aliphatic carbocycles. The molecule has 1 unspecified atom stereocenters. The maximum absolute atomic E-state index is 12.7. The minimum Gasteiger partial charge on any atom is -0.507 e. The highest BCUT2D eigenvalue weighted by atomic mass is 79.9. The van der Waals surface area contributed by atoms with Gasteiger partial charge in [-0.25, -0.2) is 0 Å². The molecule has 4 nitrogen and oxygen atoms in total. The van der Waals surface area contributed by atoms with E-state index in [2.05, 4.69) is 28.2 Å². The van der Waals surface area contributed by atoms with E-state index in [1.807, 2.05) is 4.90 Å². The summed E-state index contributed by atoms with van der Waals surface area (Å²) in [7, 11) is 0. The summed E-state index contributed by atoms with van der Waals surface area (Å²) in [6, 6.07) is 5.42. The van der Waals surface area contributed by atoms with Gasteiger partial charge in [0.05, 0.1) is 5.56 Å². The van der Waals surface area contributed by atoms with E-state index >= 15 is 0 Å². The number of benzene rings is 1. The third-order valence-electron chi connectivity index (χ3n) is 3.86. The molecule has 0 radical (unpaired) electrons. The minimum absolute atomic E-state index is 0.0373. The molecule has 21 heavy (non-hydrogen) atoms. The van der Waals surface area contributed by atoms with Crippen LogP contribution in [0.2, 0.25) is 0 Å². The predicted molar refractivity (Wildman–Crippen MR) is 87.6 cm³/mol. The molecule has 0 saturated carbocycles. The molecule has 5 heteroatoms. The number of aromatic hydroxyl groups is 1. The van der Waals surface area contributed by atoms with Crippen LogP contribution in [0, 0.1) is 0 Å². The van der Waals surface area contributed by atoms with Gasteiger partial charge in [-0.2, -0.15) is 0 Å². The number of phenols is 1. The van der Waals surface area contributed by atoms with E-state index in [0.717, 1.165) is 36.8 Å². The zero-order valence-electron chi connectivity index (χ0n) is 12.4. The Morgan fingerprint density at radius 3 is 2.95 bits per heavy atom. The van der Waals surface area contributed by atoms with E-state index in [1.165, 1.54) is 6.42 Å². The van der Waals surface area contributed by atoms with E-state index in [4.69, 9.17) is 0 Å². The van der Waals surface area contributed by atoms with Crippen molar-refractivity contribution in [3.63, 3.8) is 0 Å². The highest BCUT2D eigenvalue weighted by Crippen LogP contribution is 2.24. The smallest absolute Gasteiger partial charge is 0.257 e. The van der Waals surface area contributed by atoms with Crippen molar-refractivity contribution in [2.45, 2.75) is 38.6 Å². The van der Waals surface area contributed by atoms with Gasteiger partial charge in [-0.1, -0.05) is 29.3 Å². The van der Waals surface area contributed by atoms with Crippen LogP contribution in [0.15, 0.2) is 22.7 Å². The fourth-order valence-electron chi connectivity index (χ4n) is 2.66. The van der Waals surface area contributed by atoms with Crippen LogP contribution in [0.5, 0.6) is 5.75 Å². The molecule has 0 bridgehead atoms. The summed E-state index contributed by atoms with van der Waals surface area (Å²) in [5.74, 6) is -0.0441. The molecule has 1 aliphatic heterocycles. The second-order valence-corrected chi connectivity index (χ2v) is 6.48. The number of amides is 1. The highest BCUT2D eigenvalue weighted by molar-refractivity contribution is 9.10. The summed E-state index contributed by atoms with van der Waals surface area (Å²) < 4.78 is 0.772. The maximum Gasteiger partial charge on any atom is 0.257 e. The molecule has 2 rings (SSSR count). The predicted octanol–water partition coefficient (Wildman–Crippen LogP) is 3.15. The number of nitrogens with zero attached hydrogens (tertiary/aromatic N) is 1. The monoisotopic (exact) mass is 354 g/mol. The Labute approximate surface area is 134 Å². The first kappa shape index (κ1) is 16.3. The maximum atomic E-state index is 12.7. The molecule has 1 amide bonds. The SMILES string of the molecule is CCCCN(CC1CCCN1)C(=O)c1ccc(Br)cc1O. The Morgan fingerprint density at radius 1 is 1.52 bits per heavy atom. The van der Waals surface area contributed by atoms with Crippen LogP contribution in [0.3, 0.4) is 0 Å². The molecule has 116 valence electrons. The van der Waals surface area contributed by atoms with Gasteiger partial charge in [0.25, 0.3) is 5.91 Å². The average molecular weight is 355 g/mol. The summed E-state index contributed by atoms with van der Waals surface area (Å²) in [5.41, 5.74) is 0.382. The molecule has 1 saturated heterocycles. The lowest BCUT2D eigenvalue weighted by Gasteiger charge is -2.26. The van der Waals surface area contributed by atoms with Crippen molar-refractivity contribution >= 4 is 21.8 Å². The molecular formula is C16H23BrN2O2. The first-order chi connectivity index (χ1) is 10.1. The van der Waals surface area contributed by atoms with Crippen molar-refractivity contribution in [1.82, 2.24) is 10.2 Å². The second-order valence-electron chi connectivity index (χ2n) is 5.56. The van der Waals surface area contributed by atoms with Crippen LogP contribution in [-0.2, 0) is 0 Å². The van der Waals surface area contributed by atoms with Gasteiger partial charge in [0.1, 0.15) is 5.75 Å². The highest BCUT2D eigenvalue weighted by Gasteiger charge is 2.23. The first-order valence-electron chi connectivity index (χ1n) is 7.63. The number of rotatable bonds is 6. The molecular weight excluding hydrogens is 332 g/mol. The van der Waals surface area contributed by atoms with Crippen LogP contribution < -0.4 is 5.32 Å². The lowest BCUT2D eigenvalue weighted by molar-refractivity contribution is 0.0736. The van der Waals surface area contributed by atoms with Gasteiger partial charge in [0.2, 0.25) is 0 Å². The minimum atomic E-state index is -0.0813. The number of halogens is 1. The number of carbonyl (C=O) groups is 1. The summed E-state index contributed by atoms with van der Waals surface area (Å²) in [5, 5.41) is 13.4. The van der Waals surface area contributed by atoms with Gasteiger partial charge < -0.3 is 15.3 Å². The zero-order chi connectivity index (χ0) is 15.2. The fraction of sp³-hybridized carbons (Fsp3) is 0.562. The van der Waals surface area contributed by atoms with Crippen LogP contribution in [-0.4, -0.2) is 41.6 Å². The summed E-state index contributed by atoms with van der Waals surface area (Å²) in [4.78, 5) is 14.6. The second kappa shape index (κ2) is 7.80. The van der Waals surface area contributed by atoms with Gasteiger partial charge in [0, 0.05) is 23.6 Å². The molecule has 1 atom stereocenters. The van der Waals surface area contributed by atoms with E-state index in [0.29, 0.717) is 18.2 Å². The van der Waals surface area contributed by atoms with E-state index in [9.17, 15) is 9.90 Å². The Kier molecular flexibility index (Phi) is 6.06. The van der Waals surface area contributed by atoms with Crippen molar-refractivity contribution in [1.29, 1.82) is 0 Å². The molecule has 0 spiro atoms. The van der Waals surface area contributed by atoms with E-state index < -0.39 is 0 Å². The van der Waals surface area contributed by atoms with Crippen LogP contribution in [0.1, 0.15) is 43.0 Å². The lowest BCUT2D eigenvalue weighted by Crippen LogP contribution is -2.41. The van der Waals surface area contributed by atoms with Gasteiger partial charge in [-0.3, -0.25) is 4.79 Å². The normalized spacial score (nSPS) is 17.9. The molecule has 1 heterocycles. The molecule has 1 aliphatic rings. The van der Waals surface area contributed by atoms with Gasteiger partial charge in [0.15, 0.2) is 0 Å². The Morgan fingerprint density at radius 2 is 2.33 bits per heavy atom. The molecule has 1 fully saturated rings. The van der Waals surface area contributed by atoms with Crippen molar-refractivity contribution in [3.05, 3.63) is 28.2 Å². The van der Waals surface area contributed by atoms with Gasteiger partial charge in [-0.15, -0.1) is 0 Å². The topological polar surface area (TPSA) is 52.6 Å². The van der Waals surface area contributed by atoms with Crippen LogP contribution >= 0.6 is 15.9 Å².